The fourth-order valence-corrected chi connectivity index (χ4v) is 2.65. The van der Waals surface area contributed by atoms with Gasteiger partial charge in [0, 0.05) is 5.25 Å². The normalized spacial score (nSPS) is 13.2. The van der Waals surface area contributed by atoms with E-state index in [-0.39, 0.29) is 6.04 Å². The fourth-order valence-electron chi connectivity index (χ4n) is 1.55. The minimum Gasteiger partial charge on any atom is -0.444 e. The van der Waals surface area contributed by atoms with E-state index in [0.29, 0.717) is 22.8 Å². The standard InChI is InChI=1S/C14H25N3O3S2/c1-9(2)22-13-17-16-11(19-13)10(7-8-21-6)15-12(18)20-14(3,4)5/h9-10H,7-8H2,1-6H3,(H,15,18). The van der Waals surface area contributed by atoms with Crippen molar-refractivity contribution in [2.24, 2.45) is 0 Å². The largest absolute Gasteiger partial charge is 0.444 e. The third-order valence-electron chi connectivity index (χ3n) is 2.36. The highest BCUT2D eigenvalue weighted by atomic mass is 32.2. The molecule has 1 heterocycles. The van der Waals surface area contributed by atoms with Crippen molar-refractivity contribution in [3.63, 3.8) is 0 Å². The Morgan fingerprint density at radius 2 is 2.05 bits per heavy atom. The van der Waals surface area contributed by atoms with Crippen LogP contribution in [-0.2, 0) is 4.74 Å². The maximum Gasteiger partial charge on any atom is 0.408 e. The van der Waals surface area contributed by atoms with Crippen LogP contribution in [-0.4, -0.2) is 39.2 Å². The van der Waals surface area contributed by atoms with E-state index in [9.17, 15) is 4.79 Å². The van der Waals surface area contributed by atoms with Gasteiger partial charge >= 0.3 is 6.09 Å². The number of carbonyl (C=O) groups is 1. The highest BCUT2D eigenvalue weighted by Crippen LogP contribution is 2.25. The summed E-state index contributed by atoms with van der Waals surface area (Å²) < 4.78 is 10.9. The quantitative estimate of drug-likeness (QED) is 0.750. The molecule has 1 N–H and O–H groups in total. The number of aromatic nitrogens is 2. The van der Waals surface area contributed by atoms with Crippen molar-refractivity contribution in [1.29, 1.82) is 0 Å². The van der Waals surface area contributed by atoms with Gasteiger partial charge in [0.25, 0.3) is 5.22 Å². The van der Waals surface area contributed by atoms with Crippen LogP contribution in [0.25, 0.3) is 0 Å². The van der Waals surface area contributed by atoms with Crippen molar-refractivity contribution in [2.75, 3.05) is 12.0 Å². The van der Waals surface area contributed by atoms with Crippen molar-refractivity contribution in [3.05, 3.63) is 5.89 Å². The predicted octanol–water partition coefficient (Wildman–Crippen LogP) is 3.89. The number of ether oxygens (including phenoxy) is 1. The average molecular weight is 348 g/mol. The number of carbonyl (C=O) groups excluding carboxylic acids is 1. The Labute approximate surface area is 140 Å². The number of amides is 1. The van der Waals surface area contributed by atoms with Crippen LogP contribution < -0.4 is 5.32 Å². The molecule has 8 heteroatoms. The fraction of sp³-hybridized carbons (Fsp3) is 0.786. The maximum atomic E-state index is 12.0. The molecule has 0 bridgehead atoms. The molecule has 1 atom stereocenters. The lowest BCUT2D eigenvalue weighted by molar-refractivity contribution is 0.0493. The van der Waals surface area contributed by atoms with Crippen molar-refractivity contribution < 1.29 is 13.9 Å². The van der Waals surface area contributed by atoms with Gasteiger partial charge in [-0.25, -0.2) is 4.79 Å². The molecule has 1 aromatic heterocycles. The summed E-state index contributed by atoms with van der Waals surface area (Å²) in [6, 6.07) is -0.337. The molecule has 126 valence electrons. The number of thioether (sulfide) groups is 2. The summed E-state index contributed by atoms with van der Waals surface area (Å²) in [7, 11) is 0. The van der Waals surface area contributed by atoms with Gasteiger partial charge in [-0.05, 0) is 39.2 Å². The first-order valence-corrected chi connectivity index (χ1v) is 9.47. The van der Waals surface area contributed by atoms with Gasteiger partial charge in [0.15, 0.2) is 0 Å². The molecule has 1 amide bonds. The third-order valence-corrected chi connectivity index (χ3v) is 3.84. The summed E-state index contributed by atoms with van der Waals surface area (Å²) >= 11 is 3.20. The second-order valence-electron chi connectivity index (χ2n) is 6.05. The van der Waals surface area contributed by atoms with E-state index in [1.54, 1.807) is 11.8 Å². The molecule has 0 radical (unpaired) electrons. The van der Waals surface area contributed by atoms with Crippen molar-refractivity contribution >= 4 is 29.6 Å². The highest BCUT2D eigenvalue weighted by molar-refractivity contribution is 7.99. The Morgan fingerprint density at radius 3 is 2.59 bits per heavy atom. The van der Waals surface area contributed by atoms with Gasteiger partial charge < -0.3 is 14.5 Å². The first-order chi connectivity index (χ1) is 10.2. The van der Waals surface area contributed by atoms with Gasteiger partial charge in [0.2, 0.25) is 5.89 Å². The zero-order valence-corrected chi connectivity index (χ0v) is 15.6. The SMILES string of the molecule is CSCCC(NC(=O)OC(C)(C)C)c1nnc(SC(C)C)o1. The van der Waals surface area contributed by atoms with E-state index in [1.807, 2.05) is 27.0 Å². The van der Waals surface area contributed by atoms with Crippen LogP contribution in [0.15, 0.2) is 9.64 Å². The zero-order valence-electron chi connectivity index (χ0n) is 14.0. The molecular weight excluding hydrogens is 322 g/mol. The van der Waals surface area contributed by atoms with Gasteiger partial charge in [-0.15, -0.1) is 10.2 Å². The minimum absolute atomic E-state index is 0.337. The van der Waals surface area contributed by atoms with Gasteiger partial charge in [0.1, 0.15) is 11.6 Å². The van der Waals surface area contributed by atoms with Crippen molar-refractivity contribution in [1.82, 2.24) is 15.5 Å². The van der Waals surface area contributed by atoms with Crippen molar-refractivity contribution in [2.45, 2.75) is 63.2 Å². The lowest BCUT2D eigenvalue weighted by atomic mass is 10.2. The van der Waals surface area contributed by atoms with E-state index in [4.69, 9.17) is 9.15 Å². The molecule has 0 spiro atoms. The predicted molar refractivity (Wildman–Crippen MR) is 90.4 cm³/mol. The number of hydrogen-bond donors (Lipinski definition) is 1. The molecule has 0 aromatic carbocycles. The summed E-state index contributed by atoms with van der Waals surface area (Å²) in [6.07, 6.45) is 2.24. The third kappa shape index (κ3) is 7.40. The molecule has 0 aliphatic rings. The van der Waals surface area contributed by atoms with Crippen LogP contribution in [0.2, 0.25) is 0 Å². The molecule has 1 aromatic rings. The number of nitrogens with one attached hydrogen (secondary N) is 1. The van der Waals surface area contributed by atoms with E-state index in [0.717, 1.165) is 5.75 Å². The number of rotatable bonds is 7. The van der Waals surface area contributed by atoms with Crippen LogP contribution in [0, 0.1) is 0 Å². The first-order valence-electron chi connectivity index (χ1n) is 7.19. The Kier molecular flexibility index (Phi) is 7.55. The van der Waals surface area contributed by atoms with E-state index in [1.165, 1.54) is 11.8 Å². The van der Waals surface area contributed by atoms with Crippen LogP contribution in [0.3, 0.4) is 0 Å². The molecule has 1 rings (SSSR count). The maximum absolute atomic E-state index is 12.0. The molecule has 0 aliphatic carbocycles. The van der Waals surface area contributed by atoms with Crippen LogP contribution in [0.4, 0.5) is 4.79 Å². The topological polar surface area (TPSA) is 77.2 Å². The summed E-state index contributed by atoms with van der Waals surface area (Å²) in [5.41, 5.74) is -0.540. The summed E-state index contributed by atoms with van der Waals surface area (Å²) in [5.74, 6) is 1.29. The Morgan fingerprint density at radius 1 is 1.36 bits per heavy atom. The van der Waals surface area contributed by atoms with E-state index in [2.05, 4.69) is 29.4 Å². The molecule has 1 unspecified atom stereocenters. The summed E-state index contributed by atoms with van der Waals surface area (Å²) in [6.45, 7) is 9.59. The molecule has 0 saturated heterocycles. The van der Waals surface area contributed by atoms with Crippen LogP contribution >= 0.6 is 23.5 Å². The van der Waals surface area contributed by atoms with Gasteiger partial charge in [-0.2, -0.15) is 11.8 Å². The number of nitrogens with zero attached hydrogens (tertiary/aromatic N) is 2. The Bertz CT molecular complexity index is 472. The molecule has 0 saturated carbocycles. The molecular formula is C14H25N3O3S2. The molecule has 0 fully saturated rings. The van der Waals surface area contributed by atoms with Crippen molar-refractivity contribution in [3.8, 4) is 0 Å². The molecule has 0 aliphatic heterocycles. The Hall–Kier alpha value is -0.890. The molecule has 6 nitrogen and oxygen atoms in total. The first kappa shape index (κ1) is 19.2. The van der Waals surface area contributed by atoms with Gasteiger partial charge in [-0.1, -0.05) is 25.6 Å². The van der Waals surface area contributed by atoms with E-state index >= 15 is 0 Å². The average Bonchev–Trinajstić information content (AvgIpc) is 2.79. The zero-order chi connectivity index (χ0) is 16.8. The second-order valence-corrected chi connectivity index (χ2v) is 8.57. The van der Waals surface area contributed by atoms with Gasteiger partial charge in [-0.3, -0.25) is 0 Å². The second kappa shape index (κ2) is 8.67. The molecule has 22 heavy (non-hydrogen) atoms. The highest BCUT2D eigenvalue weighted by Gasteiger charge is 2.24. The van der Waals surface area contributed by atoms with Crippen LogP contribution in [0.5, 0.6) is 0 Å². The van der Waals surface area contributed by atoms with E-state index < -0.39 is 11.7 Å². The van der Waals surface area contributed by atoms with Crippen LogP contribution in [0.1, 0.15) is 53.0 Å². The summed E-state index contributed by atoms with van der Waals surface area (Å²) in [4.78, 5) is 12.0. The Balaban J connectivity index is 2.75. The van der Waals surface area contributed by atoms with Gasteiger partial charge in [0.05, 0.1) is 0 Å². The lowest BCUT2D eigenvalue weighted by Gasteiger charge is -2.22. The lowest BCUT2D eigenvalue weighted by Crippen LogP contribution is -2.35. The monoisotopic (exact) mass is 347 g/mol. The number of alkyl carbamates (subject to hydrolysis) is 1. The minimum atomic E-state index is -0.540. The smallest absolute Gasteiger partial charge is 0.408 e. The number of hydrogen-bond acceptors (Lipinski definition) is 7. The summed E-state index contributed by atoms with van der Waals surface area (Å²) in [5, 5.41) is 11.8.